The molecule has 1 saturated heterocycles. The van der Waals surface area contributed by atoms with Crippen LogP contribution in [0, 0.1) is 19.4 Å². The summed E-state index contributed by atoms with van der Waals surface area (Å²) in [5.74, 6) is 0.826. The van der Waals surface area contributed by atoms with Crippen molar-refractivity contribution in [1.29, 1.82) is 0 Å². The predicted octanol–water partition coefficient (Wildman–Crippen LogP) is 1.71. The van der Waals surface area contributed by atoms with Crippen LogP contribution in [0.3, 0.4) is 0 Å². The Hall–Kier alpha value is 1.06. The third-order valence-electron chi connectivity index (χ3n) is 1.89. The second kappa shape index (κ2) is 5.68. The molecule has 0 saturated carbocycles. The van der Waals surface area contributed by atoms with E-state index in [1.165, 1.54) is 19.4 Å². The largest absolute Gasteiger partial charge is 0.459 e. The van der Waals surface area contributed by atoms with E-state index in [0.29, 0.717) is 0 Å². The molecule has 1 aliphatic heterocycles. The summed E-state index contributed by atoms with van der Waals surface area (Å²) in [6.45, 7) is 7.40. The van der Waals surface area contributed by atoms with Crippen molar-refractivity contribution >= 4 is 0 Å². The Morgan fingerprint density at radius 1 is 1.70 bits per heavy atom. The Labute approximate surface area is 89.4 Å². The zero-order valence-electron chi connectivity index (χ0n) is 6.71. The predicted molar refractivity (Wildman–Crippen MR) is 39.6 cm³/mol. The topological polar surface area (TPSA) is 3.24 Å². The average molecular weight is 214 g/mol. The maximum absolute atomic E-state index is 3.84. The van der Waals surface area contributed by atoms with E-state index in [0.717, 1.165) is 12.3 Å². The first-order valence-electron chi connectivity index (χ1n) is 3.67. The van der Waals surface area contributed by atoms with Gasteiger partial charge in [-0.15, -0.1) is 6.42 Å². The molecule has 1 heterocycles. The molecule has 1 aliphatic rings. The van der Waals surface area contributed by atoms with Gasteiger partial charge < -0.3 is 11.8 Å². The van der Waals surface area contributed by atoms with Gasteiger partial charge in [0.15, 0.2) is 0 Å². The van der Waals surface area contributed by atoms with Crippen LogP contribution in [0.15, 0.2) is 0 Å². The van der Waals surface area contributed by atoms with Gasteiger partial charge in [-0.05, 0) is 13.6 Å². The van der Waals surface area contributed by atoms with Crippen molar-refractivity contribution in [2.75, 3.05) is 13.6 Å². The van der Waals surface area contributed by atoms with Crippen LogP contribution in [0.25, 0.3) is 0 Å². The molecule has 0 aromatic heterocycles. The van der Waals surface area contributed by atoms with Gasteiger partial charge >= 0.3 is 0 Å². The summed E-state index contributed by atoms with van der Waals surface area (Å²) < 4.78 is 0. The van der Waals surface area contributed by atoms with Crippen molar-refractivity contribution in [3.05, 3.63) is 13.5 Å². The SMILES string of the molecule is [CH2-]CCC1[CH-]N(C)CC1.[Y]. The van der Waals surface area contributed by atoms with Gasteiger partial charge in [-0.25, -0.2) is 0 Å². The Morgan fingerprint density at radius 2 is 2.40 bits per heavy atom. The Balaban J connectivity index is 0.000000810. The quantitative estimate of drug-likeness (QED) is 0.632. The maximum Gasteiger partial charge on any atom is 0 e. The van der Waals surface area contributed by atoms with Crippen molar-refractivity contribution < 1.29 is 32.7 Å². The molecule has 0 amide bonds. The molecule has 1 fully saturated rings. The van der Waals surface area contributed by atoms with E-state index in [1.54, 1.807) is 0 Å². The summed E-state index contributed by atoms with van der Waals surface area (Å²) in [6.07, 6.45) is 3.69. The van der Waals surface area contributed by atoms with Crippen LogP contribution in [0.2, 0.25) is 0 Å². The molecule has 0 spiro atoms. The maximum atomic E-state index is 3.84. The minimum atomic E-state index is 0. The smallest absolute Gasteiger partial charge is 0 e. The van der Waals surface area contributed by atoms with E-state index in [2.05, 4.69) is 25.4 Å². The van der Waals surface area contributed by atoms with Gasteiger partial charge in [0, 0.05) is 32.7 Å². The second-order valence-corrected chi connectivity index (χ2v) is 2.82. The Morgan fingerprint density at radius 3 is 2.80 bits per heavy atom. The third-order valence-corrected chi connectivity index (χ3v) is 1.89. The second-order valence-electron chi connectivity index (χ2n) is 2.82. The van der Waals surface area contributed by atoms with Gasteiger partial charge in [-0.3, -0.25) is 6.54 Å². The zero-order chi connectivity index (χ0) is 6.69. The molecule has 57 valence electrons. The molecule has 10 heavy (non-hydrogen) atoms. The molecule has 2 heteroatoms. The van der Waals surface area contributed by atoms with Crippen LogP contribution in [0.1, 0.15) is 19.3 Å². The summed E-state index contributed by atoms with van der Waals surface area (Å²) in [6, 6.07) is 0. The van der Waals surface area contributed by atoms with E-state index in [4.69, 9.17) is 0 Å². The van der Waals surface area contributed by atoms with Crippen LogP contribution in [0.4, 0.5) is 0 Å². The monoisotopic (exact) mass is 214 g/mol. The van der Waals surface area contributed by atoms with E-state index in [1.807, 2.05) is 0 Å². The summed E-state index contributed by atoms with van der Waals surface area (Å²) in [5.41, 5.74) is 0. The first-order chi connectivity index (χ1) is 4.33. The van der Waals surface area contributed by atoms with Gasteiger partial charge in [0.05, 0.1) is 0 Å². The van der Waals surface area contributed by atoms with Gasteiger partial charge in [0.25, 0.3) is 0 Å². The summed E-state index contributed by atoms with van der Waals surface area (Å²) in [5, 5.41) is 0. The molecule has 1 unspecified atom stereocenters. The van der Waals surface area contributed by atoms with Crippen LogP contribution in [0.5, 0.6) is 0 Å². The molecular formula is C8H15NY-2. The van der Waals surface area contributed by atoms with Crippen molar-refractivity contribution in [2.45, 2.75) is 19.3 Å². The fourth-order valence-corrected chi connectivity index (χ4v) is 1.36. The van der Waals surface area contributed by atoms with Crippen molar-refractivity contribution in [3.8, 4) is 0 Å². The van der Waals surface area contributed by atoms with Gasteiger partial charge in [0.2, 0.25) is 0 Å². The molecule has 1 nitrogen and oxygen atoms in total. The van der Waals surface area contributed by atoms with Crippen LogP contribution in [-0.2, 0) is 32.7 Å². The number of hydrogen-bond donors (Lipinski definition) is 0. The fraction of sp³-hybridized carbons (Fsp3) is 0.750. The zero-order valence-corrected chi connectivity index (χ0v) is 9.55. The number of hydrogen-bond acceptors (Lipinski definition) is 1. The third kappa shape index (κ3) is 3.45. The van der Waals surface area contributed by atoms with E-state index < -0.39 is 0 Å². The normalized spacial score (nSPS) is 26.4. The Bertz CT molecular complexity index is 83.3. The Kier molecular flexibility index (Phi) is 6.29. The van der Waals surface area contributed by atoms with E-state index in [-0.39, 0.29) is 32.7 Å². The van der Waals surface area contributed by atoms with Gasteiger partial charge in [-0.1, -0.05) is 6.42 Å². The molecule has 0 aliphatic carbocycles. The average Bonchev–Trinajstić information content (AvgIpc) is 2.17. The molecule has 0 aromatic carbocycles. The fourth-order valence-electron chi connectivity index (χ4n) is 1.36. The summed E-state index contributed by atoms with van der Waals surface area (Å²) in [4.78, 5) is 2.28. The molecule has 1 atom stereocenters. The van der Waals surface area contributed by atoms with Crippen LogP contribution < -0.4 is 0 Å². The van der Waals surface area contributed by atoms with E-state index >= 15 is 0 Å². The number of nitrogens with zero attached hydrogens (tertiary/aromatic N) is 1. The van der Waals surface area contributed by atoms with Gasteiger partial charge in [0.1, 0.15) is 0 Å². The van der Waals surface area contributed by atoms with Crippen LogP contribution in [-0.4, -0.2) is 18.5 Å². The molecular weight excluding hydrogens is 199 g/mol. The molecule has 0 bridgehead atoms. The van der Waals surface area contributed by atoms with Crippen LogP contribution >= 0.6 is 0 Å². The number of likely N-dealkylation sites (tertiary alicyclic amines) is 1. The molecule has 0 aromatic rings. The number of rotatable bonds is 2. The molecule has 1 rings (SSSR count). The van der Waals surface area contributed by atoms with Crippen molar-refractivity contribution in [1.82, 2.24) is 4.90 Å². The molecule has 0 N–H and O–H groups in total. The first kappa shape index (κ1) is 11.1. The van der Waals surface area contributed by atoms with E-state index in [9.17, 15) is 0 Å². The van der Waals surface area contributed by atoms with Crippen molar-refractivity contribution in [2.24, 2.45) is 5.92 Å². The summed E-state index contributed by atoms with van der Waals surface area (Å²) >= 11 is 0. The first-order valence-corrected chi connectivity index (χ1v) is 3.67. The minimum Gasteiger partial charge on any atom is -0.459 e. The van der Waals surface area contributed by atoms with Crippen molar-refractivity contribution in [3.63, 3.8) is 0 Å². The standard InChI is InChI=1S/C8H15N.Y/c1-3-4-8-5-6-9(2)7-8;/h7-8H,1,3-6H2,2H3;/q-2;. The minimum absolute atomic E-state index is 0. The molecule has 1 radical (unpaired) electrons. The summed E-state index contributed by atoms with van der Waals surface area (Å²) in [7, 11) is 2.14. The van der Waals surface area contributed by atoms with Gasteiger partial charge in [-0.2, -0.15) is 12.3 Å².